The minimum atomic E-state index is 0.343. The Balaban J connectivity index is 1.61. The Bertz CT molecular complexity index is 218. The van der Waals surface area contributed by atoms with Crippen molar-refractivity contribution in [1.82, 2.24) is 10.2 Å². The number of carbonyl (C=O) groups is 1. The molecule has 1 aliphatic heterocycles. The maximum Gasteiger partial charge on any atom is 0.223 e. The number of piperidine rings is 1. The molecular formula is C12H22N2O. The molecule has 2 rings (SSSR count). The standard InChI is InChI=1S/C12H22N2O/c1-10-5-8-14(9-6-10)12(15)4-7-13-11-2-3-11/h10-11,13H,2-9H2,1H3. The molecule has 0 atom stereocenters. The Labute approximate surface area is 92.2 Å². The molecular weight excluding hydrogens is 188 g/mol. The molecule has 1 aliphatic carbocycles. The summed E-state index contributed by atoms with van der Waals surface area (Å²) in [4.78, 5) is 13.8. The predicted molar refractivity (Wildman–Crippen MR) is 60.6 cm³/mol. The molecule has 2 fully saturated rings. The van der Waals surface area contributed by atoms with E-state index in [1.54, 1.807) is 0 Å². The van der Waals surface area contributed by atoms with Gasteiger partial charge in [0.15, 0.2) is 0 Å². The van der Waals surface area contributed by atoms with Crippen LogP contribution in [0.1, 0.15) is 39.0 Å². The average molecular weight is 210 g/mol. The fraction of sp³-hybridized carbons (Fsp3) is 0.917. The Morgan fingerprint density at radius 1 is 1.27 bits per heavy atom. The average Bonchev–Trinajstić information content (AvgIpc) is 3.02. The fourth-order valence-corrected chi connectivity index (χ4v) is 2.09. The highest BCUT2D eigenvalue weighted by atomic mass is 16.2. The van der Waals surface area contributed by atoms with E-state index < -0.39 is 0 Å². The van der Waals surface area contributed by atoms with Crippen molar-refractivity contribution < 1.29 is 4.79 Å². The van der Waals surface area contributed by atoms with Gasteiger partial charge in [0.1, 0.15) is 0 Å². The molecule has 15 heavy (non-hydrogen) atoms. The number of amides is 1. The summed E-state index contributed by atoms with van der Waals surface area (Å²) in [6.45, 7) is 5.10. The Morgan fingerprint density at radius 3 is 2.53 bits per heavy atom. The molecule has 0 bridgehead atoms. The number of hydrogen-bond acceptors (Lipinski definition) is 2. The lowest BCUT2D eigenvalue weighted by molar-refractivity contribution is -0.132. The minimum absolute atomic E-state index is 0.343. The van der Waals surface area contributed by atoms with E-state index in [4.69, 9.17) is 0 Å². The van der Waals surface area contributed by atoms with E-state index in [-0.39, 0.29) is 0 Å². The third-order valence-corrected chi connectivity index (χ3v) is 3.49. The lowest BCUT2D eigenvalue weighted by atomic mass is 9.99. The molecule has 0 radical (unpaired) electrons. The largest absolute Gasteiger partial charge is 0.343 e. The zero-order valence-corrected chi connectivity index (χ0v) is 9.67. The highest BCUT2D eigenvalue weighted by Crippen LogP contribution is 2.19. The van der Waals surface area contributed by atoms with Gasteiger partial charge in [-0.15, -0.1) is 0 Å². The second-order valence-electron chi connectivity index (χ2n) is 5.04. The molecule has 1 amide bonds. The van der Waals surface area contributed by atoms with Crippen molar-refractivity contribution in [2.45, 2.75) is 45.1 Å². The molecule has 1 saturated carbocycles. The van der Waals surface area contributed by atoms with E-state index in [1.165, 1.54) is 25.7 Å². The first kappa shape index (κ1) is 10.9. The van der Waals surface area contributed by atoms with Crippen LogP contribution < -0.4 is 5.32 Å². The van der Waals surface area contributed by atoms with E-state index in [0.717, 1.165) is 31.6 Å². The zero-order chi connectivity index (χ0) is 10.7. The van der Waals surface area contributed by atoms with Crippen LogP contribution in [0, 0.1) is 5.92 Å². The Hall–Kier alpha value is -0.570. The van der Waals surface area contributed by atoms with E-state index in [0.29, 0.717) is 12.3 Å². The van der Waals surface area contributed by atoms with Crippen LogP contribution in [0.3, 0.4) is 0 Å². The van der Waals surface area contributed by atoms with Crippen LogP contribution in [0.5, 0.6) is 0 Å². The van der Waals surface area contributed by atoms with Gasteiger partial charge in [0.05, 0.1) is 0 Å². The van der Waals surface area contributed by atoms with Gasteiger partial charge < -0.3 is 10.2 Å². The van der Waals surface area contributed by atoms with Crippen molar-refractivity contribution in [3.05, 3.63) is 0 Å². The third kappa shape index (κ3) is 3.49. The molecule has 3 nitrogen and oxygen atoms in total. The first-order chi connectivity index (χ1) is 7.25. The van der Waals surface area contributed by atoms with Crippen molar-refractivity contribution in [2.24, 2.45) is 5.92 Å². The van der Waals surface area contributed by atoms with Crippen molar-refractivity contribution in [3.63, 3.8) is 0 Å². The summed E-state index contributed by atoms with van der Waals surface area (Å²) in [5, 5.41) is 3.39. The summed E-state index contributed by atoms with van der Waals surface area (Å²) in [6, 6.07) is 0.721. The number of carbonyl (C=O) groups excluding carboxylic acids is 1. The van der Waals surface area contributed by atoms with Crippen molar-refractivity contribution >= 4 is 5.91 Å². The number of likely N-dealkylation sites (tertiary alicyclic amines) is 1. The number of hydrogen-bond donors (Lipinski definition) is 1. The SMILES string of the molecule is CC1CCN(C(=O)CCNC2CC2)CC1. The van der Waals surface area contributed by atoms with Gasteiger partial charge in [-0.25, -0.2) is 0 Å². The predicted octanol–water partition coefficient (Wildman–Crippen LogP) is 1.39. The van der Waals surface area contributed by atoms with E-state index in [2.05, 4.69) is 12.2 Å². The second kappa shape index (κ2) is 4.97. The lowest BCUT2D eigenvalue weighted by Crippen LogP contribution is -2.39. The zero-order valence-electron chi connectivity index (χ0n) is 9.67. The van der Waals surface area contributed by atoms with Gasteiger partial charge in [-0.1, -0.05) is 6.92 Å². The topological polar surface area (TPSA) is 32.3 Å². The van der Waals surface area contributed by atoms with Gasteiger partial charge in [0, 0.05) is 32.1 Å². The highest BCUT2D eigenvalue weighted by Gasteiger charge is 2.22. The molecule has 1 heterocycles. The van der Waals surface area contributed by atoms with Gasteiger partial charge >= 0.3 is 0 Å². The van der Waals surface area contributed by atoms with Crippen LogP contribution in [-0.4, -0.2) is 36.5 Å². The van der Waals surface area contributed by atoms with Gasteiger partial charge in [-0.3, -0.25) is 4.79 Å². The van der Waals surface area contributed by atoms with Crippen LogP contribution in [-0.2, 0) is 4.79 Å². The number of nitrogens with one attached hydrogen (secondary N) is 1. The van der Waals surface area contributed by atoms with E-state index in [9.17, 15) is 4.79 Å². The Kier molecular flexibility index (Phi) is 3.62. The summed E-state index contributed by atoms with van der Waals surface area (Å²) < 4.78 is 0. The van der Waals surface area contributed by atoms with Gasteiger partial charge in [0.2, 0.25) is 5.91 Å². The van der Waals surface area contributed by atoms with Crippen LogP contribution in [0.25, 0.3) is 0 Å². The maximum atomic E-state index is 11.8. The molecule has 86 valence electrons. The van der Waals surface area contributed by atoms with Gasteiger partial charge in [-0.05, 0) is 31.6 Å². The number of rotatable bonds is 4. The normalized spacial score (nSPS) is 23.1. The first-order valence-electron chi connectivity index (χ1n) is 6.27. The summed E-state index contributed by atoms with van der Waals surface area (Å²) in [7, 11) is 0. The number of nitrogens with zero attached hydrogens (tertiary/aromatic N) is 1. The molecule has 0 unspecified atom stereocenters. The van der Waals surface area contributed by atoms with Crippen LogP contribution >= 0.6 is 0 Å². The quantitative estimate of drug-likeness (QED) is 0.760. The van der Waals surface area contributed by atoms with Crippen LogP contribution in [0.4, 0.5) is 0 Å². The second-order valence-corrected chi connectivity index (χ2v) is 5.04. The lowest BCUT2D eigenvalue weighted by Gasteiger charge is -2.30. The van der Waals surface area contributed by atoms with Crippen molar-refractivity contribution in [3.8, 4) is 0 Å². The smallest absolute Gasteiger partial charge is 0.223 e. The first-order valence-corrected chi connectivity index (χ1v) is 6.27. The highest BCUT2D eigenvalue weighted by molar-refractivity contribution is 5.76. The van der Waals surface area contributed by atoms with Crippen molar-refractivity contribution in [1.29, 1.82) is 0 Å². The molecule has 0 aromatic rings. The monoisotopic (exact) mass is 210 g/mol. The molecule has 1 N–H and O–H groups in total. The van der Waals surface area contributed by atoms with E-state index >= 15 is 0 Å². The third-order valence-electron chi connectivity index (χ3n) is 3.49. The minimum Gasteiger partial charge on any atom is -0.343 e. The molecule has 1 saturated heterocycles. The molecule has 0 aromatic carbocycles. The van der Waals surface area contributed by atoms with Gasteiger partial charge in [-0.2, -0.15) is 0 Å². The Morgan fingerprint density at radius 2 is 1.93 bits per heavy atom. The van der Waals surface area contributed by atoms with Crippen LogP contribution in [0.15, 0.2) is 0 Å². The van der Waals surface area contributed by atoms with Crippen molar-refractivity contribution in [2.75, 3.05) is 19.6 Å². The van der Waals surface area contributed by atoms with Crippen LogP contribution in [0.2, 0.25) is 0 Å². The molecule has 0 aromatic heterocycles. The molecule has 0 spiro atoms. The van der Waals surface area contributed by atoms with E-state index in [1.807, 2.05) is 4.90 Å². The summed E-state index contributed by atoms with van der Waals surface area (Å²) in [6.07, 6.45) is 5.65. The van der Waals surface area contributed by atoms with Gasteiger partial charge in [0.25, 0.3) is 0 Å². The fourth-order valence-electron chi connectivity index (χ4n) is 2.09. The summed E-state index contributed by atoms with van der Waals surface area (Å²) in [5.41, 5.74) is 0. The summed E-state index contributed by atoms with van der Waals surface area (Å²) in [5.74, 6) is 1.15. The summed E-state index contributed by atoms with van der Waals surface area (Å²) >= 11 is 0. The molecule has 2 aliphatic rings. The molecule has 3 heteroatoms. The maximum absolute atomic E-state index is 11.8.